The number of esters is 1. The maximum atomic E-state index is 13.4. The molecule has 8 nitrogen and oxygen atoms in total. The summed E-state index contributed by atoms with van der Waals surface area (Å²) in [5.41, 5.74) is 8.55. The summed E-state index contributed by atoms with van der Waals surface area (Å²) in [5.74, 6) is -0.687. The summed E-state index contributed by atoms with van der Waals surface area (Å²) in [4.78, 5) is 34.7. The number of hydrogen-bond donors (Lipinski definition) is 2. The molecule has 3 aromatic carbocycles. The molecule has 2 aliphatic heterocycles. The third-order valence-electron chi connectivity index (χ3n) is 7.28. The molecule has 3 heterocycles. The van der Waals surface area contributed by atoms with Crippen LogP contribution in [0.2, 0.25) is 0 Å². The molecule has 1 saturated heterocycles. The van der Waals surface area contributed by atoms with Crippen LogP contribution in [0.15, 0.2) is 66.2 Å². The van der Waals surface area contributed by atoms with E-state index in [0.29, 0.717) is 22.5 Å². The number of piperazine rings is 1. The number of carbonyl (C=O) groups excluding carboxylic acids is 2. The standard InChI is InChI=1S/C30H29N5O3S/c1-34-11-13-35(14-12-34)17-19-3-7-22(8-4-19)32-28(20-6-10-26-25(15-20)31-18-39-26)27-23-9-5-21(30(37)38-2)16-24(23)33-29(27)36/h3-10,15-16,18,32H,11-14,17H2,1-2H3,(H,33,36). The van der Waals surface area contributed by atoms with Gasteiger partial charge in [-0.25, -0.2) is 9.78 Å². The number of ether oxygens (including phenoxy) is 1. The molecular formula is C30H29N5O3S. The topological polar surface area (TPSA) is 86.8 Å². The smallest absolute Gasteiger partial charge is 0.337 e. The first kappa shape index (κ1) is 25.2. The van der Waals surface area contributed by atoms with E-state index in [1.165, 1.54) is 12.7 Å². The molecular weight excluding hydrogens is 510 g/mol. The first-order valence-corrected chi connectivity index (χ1v) is 13.8. The van der Waals surface area contributed by atoms with E-state index in [2.05, 4.69) is 56.7 Å². The van der Waals surface area contributed by atoms with Gasteiger partial charge in [0.05, 0.1) is 45.4 Å². The van der Waals surface area contributed by atoms with Gasteiger partial charge in [-0.1, -0.05) is 24.3 Å². The van der Waals surface area contributed by atoms with Crippen molar-refractivity contribution >= 4 is 56.1 Å². The van der Waals surface area contributed by atoms with Gasteiger partial charge in [-0.2, -0.15) is 0 Å². The molecule has 0 bridgehead atoms. The highest BCUT2D eigenvalue weighted by Gasteiger charge is 2.29. The largest absolute Gasteiger partial charge is 0.465 e. The minimum absolute atomic E-state index is 0.237. The molecule has 0 radical (unpaired) electrons. The molecule has 0 saturated carbocycles. The Bertz CT molecular complexity index is 1590. The lowest BCUT2D eigenvalue weighted by Crippen LogP contribution is -2.43. The van der Waals surface area contributed by atoms with Crippen LogP contribution in [0.4, 0.5) is 11.4 Å². The van der Waals surface area contributed by atoms with Crippen LogP contribution in [0.1, 0.15) is 27.0 Å². The maximum Gasteiger partial charge on any atom is 0.337 e. The number of nitrogens with one attached hydrogen (secondary N) is 2. The van der Waals surface area contributed by atoms with E-state index in [4.69, 9.17) is 4.74 Å². The van der Waals surface area contributed by atoms with Crippen molar-refractivity contribution in [2.75, 3.05) is 51.0 Å². The van der Waals surface area contributed by atoms with Crippen LogP contribution in [-0.4, -0.2) is 67.0 Å². The lowest BCUT2D eigenvalue weighted by atomic mass is 9.98. The van der Waals surface area contributed by atoms with Crippen molar-refractivity contribution in [3.8, 4) is 0 Å². The highest BCUT2D eigenvalue weighted by Crippen LogP contribution is 2.39. The third-order valence-corrected chi connectivity index (χ3v) is 8.09. The number of anilines is 2. The number of rotatable bonds is 6. The van der Waals surface area contributed by atoms with Crippen molar-refractivity contribution in [3.05, 3.63) is 88.4 Å². The summed E-state index contributed by atoms with van der Waals surface area (Å²) in [7, 11) is 3.50. The molecule has 4 aromatic rings. The summed E-state index contributed by atoms with van der Waals surface area (Å²) in [5, 5.41) is 6.46. The van der Waals surface area contributed by atoms with Gasteiger partial charge >= 0.3 is 5.97 Å². The lowest BCUT2D eigenvalue weighted by molar-refractivity contribution is -0.110. The predicted octanol–water partition coefficient (Wildman–Crippen LogP) is 4.76. The monoisotopic (exact) mass is 539 g/mol. The molecule has 0 spiro atoms. The minimum Gasteiger partial charge on any atom is -0.465 e. The zero-order valence-corrected chi connectivity index (χ0v) is 22.7. The predicted molar refractivity (Wildman–Crippen MR) is 156 cm³/mol. The average Bonchev–Trinajstić information content (AvgIpc) is 3.56. The van der Waals surface area contributed by atoms with E-state index >= 15 is 0 Å². The zero-order chi connectivity index (χ0) is 26.9. The summed E-state index contributed by atoms with van der Waals surface area (Å²) in [6.45, 7) is 5.23. The minimum atomic E-state index is -0.450. The Kier molecular flexibility index (Phi) is 6.86. The first-order valence-electron chi connectivity index (χ1n) is 12.9. The van der Waals surface area contributed by atoms with Crippen molar-refractivity contribution in [2.24, 2.45) is 0 Å². The van der Waals surface area contributed by atoms with E-state index in [1.54, 1.807) is 29.5 Å². The van der Waals surface area contributed by atoms with E-state index in [0.717, 1.165) is 59.8 Å². The van der Waals surface area contributed by atoms with Gasteiger partial charge in [-0.05, 0) is 49.0 Å². The van der Waals surface area contributed by atoms with E-state index < -0.39 is 5.97 Å². The number of aromatic nitrogens is 1. The molecule has 6 rings (SSSR count). The van der Waals surface area contributed by atoms with Crippen molar-refractivity contribution in [1.82, 2.24) is 14.8 Å². The van der Waals surface area contributed by atoms with Crippen molar-refractivity contribution in [1.29, 1.82) is 0 Å². The molecule has 0 unspecified atom stereocenters. The SMILES string of the molecule is COC(=O)c1ccc2c(c1)NC(=O)C2=C(Nc1ccc(CN2CCN(C)CC2)cc1)c1ccc2scnc2c1. The van der Waals surface area contributed by atoms with Crippen molar-refractivity contribution in [3.63, 3.8) is 0 Å². The molecule has 198 valence electrons. The van der Waals surface area contributed by atoms with Crippen LogP contribution in [0.5, 0.6) is 0 Å². The molecule has 2 N–H and O–H groups in total. The van der Waals surface area contributed by atoms with Crippen LogP contribution < -0.4 is 10.6 Å². The Morgan fingerprint density at radius 2 is 1.79 bits per heavy atom. The fourth-order valence-corrected chi connectivity index (χ4v) is 5.72. The second-order valence-corrected chi connectivity index (χ2v) is 10.8. The van der Waals surface area contributed by atoms with Crippen molar-refractivity contribution in [2.45, 2.75) is 6.54 Å². The number of nitrogens with zero attached hydrogens (tertiary/aromatic N) is 3. The third kappa shape index (κ3) is 5.16. The fraction of sp³-hybridized carbons (Fsp3) is 0.233. The number of thiazole rings is 1. The van der Waals surface area contributed by atoms with Gasteiger partial charge in [0, 0.05) is 49.5 Å². The van der Waals surface area contributed by atoms with Gasteiger partial charge in [0.25, 0.3) is 5.91 Å². The number of likely N-dealkylation sites (N-methyl/N-ethyl adjacent to an activating group) is 1. The quantitative estimate of drug-likeness (QED) is 0.270. The first-order chi connectivity index (χ1) is 19.0. The number of carbonyl (C=O) groups is 2. The average molecular weight is 540 g/mol. The molecule has 1 fully saturated rings. The molecule has 1 aromatic heterocycles. The molecule has 39 heavy (non-hydrogen) atoms. The highest BCUT2D eigenvalue weighted by molar-refractivity contribution is 7.16. The Balaban J connectivity index is 1.36. The highest BCUT2D eigenvalue weighted by atomic mass is 32.1. The van der Waals surface area contributed by atoms with E-state index in [1.807, 2.05) is 23.7 Å². The van der Waals surface area contributed by atoms with Gasteiger partial charge < -0.3 is 20.3 Å². The normalized spacial score (nSPS) is 17.1. The van der Waals surface area contributed by atoms with E-state index in [-0.39, 0.29) is 5.91 Å². The second-order valence-electron chi connectivity index (χ2n) is 9.89. The Hall–Kier alpha value is -4.05. The van der Waals surface area contributed by atoms with Gasteiger partial charge in [0.2, 0.25) is 0 Å². The molecule has 0 atom stereocenters. The fourth-order valence-electron chi connectivity index (χ4n) is 5.06. The number of methoxy groups -OCH3 is 1. The van der Waals surface area contributed by atoms with E-state index in [9.17, 15) is 9.59 Å². The summed E-state index contributed by atoms with van der Waals surface area (Å²) >= 11 is 1.58. The van der Waals surface area contributed by atoms with Gasteiger partial charge in [-0.3, -0.25) is 9.69 Å². The molecule has 1 amide bonds. The Morgan fingerprint density at radius 1 is 1.03 bits per heavy atom. The van der Waals surface area contributed by atoms with Crippen LogP contribution in [0.3, 0.4) is 0 Å². The summed E-state index contributed by atoms with van der Waals surface area (Å²) < 4.78 is 5.93. The number of benzene rings is 3. The lowest BCUT2D eigenvalue weighted by Gasteiger charge is -2.32. The molecule has 2 aliphatic rings. The summed E-state index contributed by atoms with van der Waals surface area (Å²) in [6.07, 6.45) is 0. The number of amides is 1. The summed E-state index contributed by atoms with van der Waals surface area (Å²) in [6, 6.07) is 19.5. The van der Waals surface area contributed by atoms with Crippen LogP contribution in [0.25, 0.3) is 21.5 Å². The van der Waals surface area contributed by atoms with Gasteiger partial charge in [-0.15, -0.1) is 11.3 Å². The Morgan fingerprint density at radius 3 is 2.56 bits per heavy atom. The molecule has 9 heteroatoms. The van der Waals surface area contributed by atoms with Gasteiger partial charge in [0.15, 0.2) is 0 Å². The number of fused-ring (bicyclic) bond motifs is 2. The van der Waals surface area contributed by atoms with Crippen LogP contribution in [-0.2, 0) is 16.1 Å². The Labute approximate surface area is 230 Å². The van der Waals surface area contributed by atoms with Crippen molar-refractivity contribution < 1.29 is 14.3 Å². The number of hydrogen-bond acceptors (Lipinski definition) is 8. The maximum absolute atomic E-state index is 13.4. The molecule has 0 aliphatic carbocycles. The zero-order valence-electron chi connectivity index (χ0n) is 21.9. The van der Waals surface area contributed by atoms with Gasteiger partial charge in [0.1, 0.15) is 0 Å². The second kappa shape index (κ2) is 10.6. The van der Waals surface area contributed by atoms with Crippen LogP contribution >= 0.6 is 11.3 Å². The van der Waals surface area contributed by atoms with Crippen LogP contribution in [0, 0.1) is 0 Å².